The molecule has 0 bridgehead atoms. The zero-order chi connectivity index (χ0) is 25.2. The summed E-state index contributed by atoms with van der Waals surface area (Å²) in [4.78, 5) is 27.4. The van der Waals surface area contributed by atoms with Crippen LogP contribution in [0.25, 0.3) is 0 Å². The van der Waals surface area contributed by atoms with Crippen LogP contribution in [0.3, 0.4) is 0 Å². The van der Waals surface area contributed by atoms with Crippen LogP contribution in [-0.2, 0) is 6.42 Å². The molecule has 1 unspecified atom stereocenters. The average Bonchev–Trinajstić information content (AvgIpc) is 2.92. The summed E-state index contributed by atoms with van der Waals surface area (Å²) in [7, 11) is 4.96. The lowest BCUT2D eigenvalue weighted by Crippen LogP contribution is -2.47. The predicted octanol–water partition coefficient (Wildman–Crippen LogP) is 4.05. The van der Waals surface area contributed by atoms with Crippen molar-refractivity contribution < 1.29 is 19.0 Å². The number of ketones is 1. The highest BCUT2D eigenvalue weighted by Gasteiger charge is 2.32. The number of hydrogen-bond acceptors (Lipinski definition) is 8. The highest BCUT2D eigenvalue weighted by Crippen LogP contribution is 2.39. The molecule has 3 aromatic rings. The number of piperazine rings is 1. The van der Waals surface area contributed by atoms with Gasteiger partial charge < -0.3 is 24.0 Å². The van der Waals surface area contributed by atoms with Crippen molar-refractivity contribution in [3.63, 3.8) is 0 Å². The normalized spacial score (nSPS) is 17.6. The molecule has 2 aromatic carbocycles. The molecule has 2 heterocycles. The molecule has 1 aliphatic carbocycles. The summed E-state index contributed by atoms with van der Waals surface area (Å²) >= 11 is 0. The summed E-state index contributed by atoms with van der Waals surface area (Å²) in [5, 5.41) is 0. The van der Waals surface area contributed by atoms with E-state index in [0.717, 1.165) is 60.4 Å². The van der Waals surface area contributed by atoms with Crippen molar-refractivity contribution in [2.75, 3.05) is 57.3 Å². The van der Waals surface area contributed by atoms with E-state index in [1.54, 1.807) is 21.3 Å². The lowest BCUT2D eigenvalue weighted by Gasteiger charge is -2.36. The van der Waals surface area contributed by atoms with Crippen molar-refractivity contribution in [2.24, 2.45) is 0 Å². The number of aryl methyl sites for hydroxylation is 1. The predicted molar refractivity (Wildman–Crippen MR) is 139 cm³/mol. The largest absolute Gasteiger partial charge is 0.497 e. The second-order valence-corrected chi connectivity index (χ2v) is 9.24. The minimum absolute atomic E-state index is 0.0000690. The van der Waals surface area contributed by atoms with E-state index in [4.69, 9.17) is 24.2 Å². The second-order valence-electron chi connectivity index (χ2n) is 9.24. The Hall–Kier alpha value is -3.81. The van der Waals surface area contributed by atoms with Gasteiger partial charge in [0.15, 0.2) is 5.78 Å². The van der Waals surface area contributed by atoms with Crippen LogP contribution in [0.4, 0.5) is 11.6 Å². The molecule has 8 nitrogen and oxygen atoms in total. The number of carbonyl (C=O) groups excluding carboxylic acids is 1. The van der Waals surface area contributed by atoms with Crippen molar-refractivity contribution in [1.82, 2.24) is 9.97 Å². The smallest absolute Gasteiger partial charge is 0.225 e. The number of nitrogens with zero attached hydrogens (tertiary/aromatic N) is 4. The van der Waals surface area contributed by atoms with E-state index < -0.39 is 0 Å². The molecule has 188 valence electrons. The molecular formula is C28H32N4O4. The van der Waals surface area contributed by atoms with Gasteiger partial charge in [-0.3, -0.25) is 4.79 Å². The lowest BCUT2D eigenvalue weighted by atomic mass is 9.81. The number of benzene rings is 2. The van der Waals surface area contributed by atoms with E-state index in [2.05, 4.69) is 21.9 Å². The first-order valence-electron chi connectivity index (χ1n) is 12.3. The fraction of sp³-hybridized carbons (Fsp3) is 0.393. The number of methoxy groups -OCH3 is 3. The van der Waals surface area contributed by atoms with Crippen LogP contribution < -0.4 is 24.0 Å². The van der Waals surface area contributed by atoms with E-state index >= 15 is 0 Å². The molecule has 1 aromatic heterocycles. The highest BCUT2D eigenvalue weighted by molar-refractivity contribution is 5.99. The molecule has 0 radical (unpaired) electrons. The van der Waals surface area contributed by atoms with Crippen LogP contribution in [0.1, 0.15) is 39.6 Å². The first-order chi connectivity index (χ1) is 17.5. The Bertz CT molecular complexity index is 1250. The van der Waals surface area contributed by atoms with Crippen LogP contribution in [0.15, 0.2) is 42.5 Å². The van der Waals surface area contributed by atoms with Crippen molar-refractivity contribution in [3.05, 3.63) is 65.0 Å². The fourth-order valence-electron chi connectivity index (χ4n) is 5.23. The average molecular weight is 489 g/mol. The van der Waals surface area contributed by atoms with Crippen LogP contribution in [-0.4, -0.2) is 63.3 Å². The van der Waals surface area contributed by atoms with Crippen molar-refractivity contribution >= 4 is 17.4 Å². The van der Waals surface area contributed by atoms with Gasteiger partial charge in [0.05, 0.1) is 38.3 Å². The van der Waals surface area contributed by atoms with Crippen molar-refractivity contribution in [2.45, 2.75) is 25.7 Å². The Morgan fingerprint density at radius 1 is 0.806 bits per heavy atom. The number of Topliss-reactive ketones (excluding diaryl/α,β-unsaturated/α-hetero) is 1. The zero-order valence-corrected chi connectivity index (χ0v) is 21.3. The quantitative estimate of drug-likeness (QED) is 0.514. The van der Waals surface area contributed by atoms with E-state index in [1.165, 1.54) is 5.69 Å². The van der Waals surface area contributed by atoms with E-state index in [9.17, 15) is 4.79 Å². The third-order valence-corrected chi connectivity index (χ3v) is 7.18. The molecule has 1 atom stereocenters. The first-order valence-corrected chi connectivity index (χ1v) is 12.3. The SMILES string of the molecule is COc1ccc(N2CCN(c3nc(C)c4c(n3)CC(c3ccc(OC)cc3OC)CC4=O)CC2)cc1. The van der Waals surface area contributed by atoms with Crippen molar-refractivity contribution in [1.29, 1.82) is 0 Å². The Balaban J connectivity index is 1.35. The summed E-state index contributed by atoms with van der Waals surface area (Å²) in [6, 6.07) is 13.9. The monoisotopic (exact) mass is 488 g/mol. The summed E-state index contributed by atoms with van der Waals surface area (Å²) in [6.45, 7) is 5.29. The molecule has 5 rings (SSSR count). The molecule has 1 fully saturated rings. The van der Waals surface area contributed by atoms with Crippen LogP contribution in [0.5, 0.6) is 17.2 Å². The number of fused-ring (bicyclic) bond motifs is 1. The van der Waals surface area contributed by atoms with Crippen LogP contribution in [0, 0.1) is 6.92 Å². The van der Waals surface area contributed by atoms with Crippen molar-refractivity contribution in [3.8, 4) is 17.2 Å². The van der Waals surface area contributed by atoms with Gasteiger partial charge in [-0.15, -0.1) is 0 Å². The van der Waals surface area contributed by atoms with Gasteiger partial charge in [0, 0.05) is 50.3 Å². The first kappa shape index (κ1) is 23.9. The number of rotatable bonds is 6. The van der Waals surface area contributed by atoms with Gasteiger partial charge in [-0.25, -0.2) is 9.97 Å². The van der Waals surface area contributed by atoms with Crippen LogP contribution >= 0.6 is 0 Å². The van der Waals surface area contributed by atoms with E-state index in [0.29, 0.717) is 24.4 Å². The topological polar surface area (TPSA) is 77.0 Å². The standard InChI is InChI=1S/C28H32N4O4/c1-18-27-24(15-19(16-25(27)33)23-10-9-22(35-3)17-26(23)36-4)30-28(29-18)32-13-11-31(12-14-32)20-5-7-21(34-2)8-6-20/h5-10,17,19H,11-16H2,1-4H3. The molecule has 0 saturated carbocycles. The molecule has 0 spiro atoms. The van der Waals surface area contributed by atoms with Gasteiger partial charge in [0.1, 0.15) is 17.2 Å². The number of aromatic nitrogens is 2. The molecule has 1 aliphatic heterocycles. The number of anilines is 2. The maximum atomic E-state index is 13.2. The Labute approximate surface area is 211 Å². The minimum Gasteiger partial charge on any atom is -0.497 e. The summed E-state index contributed by atoms with van der Waals surface area (Å²) in [6.07, 6.45) is 1.09. The molecule has 8 heteroatoms. The minimum atomic E-state index is -0.0000690. The zero-order valence-electron chi connectivity index (χ0n) is 21.3. The molecule has 1 saturated heterocycles. The van der Waals surface area contributed by atoms with Gasteiger partial charge in [0.2, 0.25) is 5.95 Å². The number of carbonyl (C=O) groups is 1. The van der Waals surface area contributed by atoms with Gasteiger partial charge in [-0.2, -0.15) is 0 Å². The Morgan fingerprint density at radius 2 is 1.47 bits per heavy atom. The summed E-state index contributed by atoms with van der Waals surface area (Å²) in [5.74, 6) is 3.11. The van der Waals surface area contributed by atoms with Crippen LogP contribution in [0.2, 0.25) is 0 Å². The fourth-order valence-corrected chi connectivity index (χ4v) is 5.23. The molecule has 0 N–H and O–H groups in total. The molecular weight excluding hydrogens is 456 g/mol. The molecule has 2 aliphatic rings. The number of hydrogen-bond donors (Lipinski definition) is 0. The Morgan fingerprint density at radius 3 is 2.14 bits per heavy atom. The summed E-state index contributed by atoms with van der Waals surface area (Å²) < 4.78 is 16.2. The van der Waals surface area contributed by atoms with Gasteiger partial charge >= 0.3 is 0 Å². The number of ether oxygens (including phenoxy) is 3. The molecule has 0 amide bonds. The maximum Gasteiger partial charge on any atom is 0.225 e. The Kier molecular flexibility index (Phi) is 6.67. The summed E-state index contributed by atoms with van der Waals surface area (Å²) in [5.41, 5.74) is 4.45. The maximum absolute atomic E-state index is 13.2. The van der Waals surface area contributed by atoms with Gasteiger partial charge in [-0.05, 0) is 49.2 Å². The van der Waals surface area contributed by atoms with Gasteiger partial charge in [0.25, 0.3) is 0 Å². The molecule has 36 heavy (non-hydrogen) atoms. The third-order valence-electron chi connectivity index (χ3n) is 7.18. The third kappa shape index (κ3) is 4.55. The van der Waals surface area contributed by atoms with E-state index in [-0.39, 0.29) is 11.7 Å². The van der Waals surface area contributed by atoms with Gasteiger partial charge in [-0.1, -0.05) is 6.07 Å². The second kappa shape index (κ2) is 10.0. The van der Waals surface area contributed by atoms with E-state index in [1.807, 2.05) is 37.3 Å². The highest BCUT2D eigenvalue weighted by atomic mass is 16.5. The lowest BCUT2D eigenvalue weighted by molar-refractivity contribution is 0.0961.